The van der Waals surface area contributed by atoms with Crippen LogP contribution in [0.25, 0.3) is 0 Å². The third-order valence-corrected chi connectivity index (χ3v) is 5.24. The van der Waals surface area contributed by atoms with Gasteiger partial charge < -0.3 is 15.1 Å². The molecular weight excluding hydrogens is 338 g/mol. The van der Waals surface area contributed by atoms with Crippen molar-refractivity contribution >= 4 is 17.5 Å². The molecular formula is C22H27N3O2. The maximum Gasteiger partial charge on any atom is 0.255 e. The van der Waals surface area contributed by atoms with Crippen LogP contribution in [0, 0.1) is 13.8 Å². The zero-order chi connectivity index (χ0) is 19.4. The highest BCUT2D eigenvalue weighted by molar-refractivity contribution is 6.06. The molecule has 2 aromatic carbocycles. The van der Waals surface area contributed by atoms with Gasteiger partial charge in [0.05, 0.1) is 0 Å². The molecule has 0 spiro atoms. The van der Waals surface area contributed by atoms with Crippen molar-refractivity contribution in [2.75, 3.05) is 38.0 Å². The summed E-state index contributed by atoms with van der Waals surface area (Å²) in [6.45, 7) is 10.5. The second-order valence-electron chi connectivity index (χ2n) is 7.06. The lowest BCUT2D eigenvalue weighted by molar-refractivity contribution is 0.0643. The fraction of sp³-hybridized carbons (Fsp3) is 0.364. The normalized spacial score (nSPS) is 14.9. The first-order valence-corrected chi connectivity index (χ1v) is 9.48. The minimum Gasteiger partial charge on any atom is -0.336 e. The molecule has 0 radical (unpaired) electrons. The average molecular weight is 365 g/mol. The molecule has 0 bridgehead atoms. The van der Waals surface area contributed by atoms with Crippen molar-refractivity contribution in [2.24, 2.45) is 0 Å². The number of amides is 2. The topological polar surface area (TPSA) is 52.7 Å². The van der Waals surface area contributed by atoms with Crippen LogP contribution in [-0.4, -0.2) is 54.3 Å². The van der Waals surface area contributed by atoms with Crippen LogP contribution in [-0.2, 0) is 0 Å². The van der Waals surface area contributed by atoms with Crippen LogP contribution in [0.4, 0.5) is 5.69 Å². The summed E-state index contributed by atoms with van der Waals surface area (Å²) >= 11 is 0. The van der Waals surface area contributed by atoms with Gasteiger partial charge in [0.15, 0.2) is 0 Å². The van der Waals surface area contributed by atoms with Crippen LogP contribution in [0.15, 0.2) is 42.5 Å². The number of carbonyl (C=O) groups excluding carboxylic acids is 2. The maximum absolute atomic E-state index is 12.8. The second-order valence-corrected chi connectivity index (χ2v) is 7.06. The Morgan fingerprint density at radius 2 is 1.63 bits per heavy atom. The summed E-state index contributed by atoms with van der Waals surface area (Å²) in [5.74, 6) is -0.213. The van der Waals surface area contributed by atoms with Crippen molar-refractivity contribution in [3.05, 3.63) is 64.7 Å². The highest BCUT2D eigenvalue weighted by atomic mass is 16.2. The van der Waals surface area contributed by atoms with Gasteiger partial charge in [0.2, 0.25) is 0 Å². The van der Waals surface area contributed by atoms with Crippen molar-refractivity contribution in [3.63, 3.8) is 0 Å². The van der Waals surface area contributed by atoms with E-state index >= 15 is 0 Å². The Morgan fingerprint density at radius 1 is 0.926 bits per heavy atom. The van der Waals surface area contributed by atoms with E-state index in [9.17, 15) is 9.59 Å². The minimum atomic E-state index is -0.205. The van der Waals surface area contributed by atoms with E-state index in [2.05, 4.69) is 17.1 Å². The van der Waals surface area contributed by atoms with Gasteiger partial charge in [-0.05, 0) is 61.9 Å². The van der Waals surface area contributed by atoms with Gasteiger partial charge in [0, 0.05) is 43.0 Å². The summed E-state index contributed by atoms with van der Waals surface area (Å²) in [6, 6.07) is 12.8. The summed E-state index contributed by atoms with van der Waals surface area (Å²) in [5.41, 5.74) is 4.13. The summed E-state index contributed by atoms with van der Waals surface area (Å²) in [4.78, 5) is 29.6. The Bertz CT molecular complexity index is 839. The molecule has 2 amide bonds. The third-order valence-electron chi connectivity index (χ3n) is 5.24. The van der Waals surface area contributed by atoms with E-state index in [1.54, 1.807) is 24.3 Å². The third kappa shape index (κ3) is 4.55. The molecule has 1 fully saturated rings. The standard InChI is InChI=1S/C22H27N3O2/c1-4-24-10-12-25(13-11-24)22(27)19-7-5-6-18(15-19)21(26)23-20-9-8-16(2)17(3)14-20/h5-9,14-15H,4,10-13H2,1-3H3,(H,23,26). The lowest BCUT2D eigenvalue weighted by Crippen LogP contribution is -2.48. The van der Waals surface area contributed by atoms with Crippen molar-refractivity contribution in [3.8, 4) is 0 Å². The Hall–Kier alpha value is -2.66. The van der Waals surface area contributed by atoms with Gasteiger partial charge in [-0.25, -0.2) is 0 Å². The molecule has 1 aliphatic rings. The summed E-state index contributed by atoms with van der Waals surface area (Å²) in [5, 5.41) is 2.91. The molecule has 1 heterocycles. The van der Waals surface area contributed by atoms with Gasteiger partial charge in [-0.2, -0.15) is 0 Å². The number of hydrogen-bond donors (Lipinski definition) is 1. The highest BCUT2D eigenvalue weighted by Crippen LogP contribution is 2.16. The average Bonchev–Trinajstić information content (AvgIpc) is 2.70. The molecule has 2 aromatic rings. The van der Waals surface area contributed by atoms with Crippen molar-refractivity contribution < 1.29 is 9.59 Å². The summed E-state index contributed by atoms with van der Waals surface area (Å²) < 4.78 is 0. The number of rotatable bonds is 4. The SMILES string of the molecule is CCN1CCN(C(=O)c2cccc(C(=O)Nc3ccc(C)c(C)c3)c2)CC1. The number of anilines is 1. The second kappa shape index (κ2) is 8.35. The molecule has 1 aliphatic heterocycles. The Balaban J connectivity index is 1.70. The lowest BCUT2D eigenvalue weighted by Gasteiger charge is -2.34. The zero-order valence-corrected chi connectivity index (χ0v) is 16.3. The Kier molecular flexibility index (Phi) is 5.91. The van der Waals surface area contributed by atoms with Crippen LogP contribution < -0.4 is 5.32 Å². The molecule has 0 aromatic heterocycles. The number of piperazine rings is 1. The lowest BCUT2D eigenvalue weighted by atomic mass is 10.1. The monoisotopic (exact) mass is 365 g/mol. The number of aryl methyl sites for hydroxylation is 2. The first-order chi connectivity index (χ1) is 13.0. The van der Waals surface area contributed by atoms with Crippen molar-refractivity contribution in [2.45, 2.75) is 20.8 Å². The number of nitrogens with zero attached hydrogens (tertiary/aromatic N) is 2. The van der Waals surface area contributed by atoms with Crippen LogP contribution >= 0.6 is 0 Å². The van der Waals surface area contributed by atoms with E-state index < -0.39 is 0 Å². The predicted molar refractivity (Wildman–Crippen MR) is 108 cm³/mol. The first kappa shape index (κ1) is 19.1. The minimum absolute atomic E-state index is 0.00779. The van der Waals surface area contributed by atoms with Crippen LogP contribution in [0.1, 0.15) is 38.8 Å². The molecule has 5 nitrogen and oxygen atoms in total. The quantitative estimate of drug-likeness (QED) is 0.904. The smallest absolute Gasteiger partial charge is 0.255 e. The molecule has 0 atom stereocenters. The number of likely N-dealkylation sites (N-methyl/N-ethyl adjacent to an activating group) is 1. The number of carbonyl (C=O) groups is 2. The summed E-state index contributed by atoms with van der Waals surface area (Å²) in [7, 11) is 0. The van der Waals surface area contributed by atoms with Crippen molar-refractivity contribution in [1.82, 2.24) is 9.80 Å². The Morgan fingerprint density at radius 3 is 2.30 bits per heavy atom. The molecule has 27 heavy (non-hydrogen) atoms. The van der Waals surface area contributed by atoms with Gasteiger partial charge in [-0.3, -0.25) is 9.59 Å². The first-order valence-electron chi connectivity index (χ1n) is 9.48. The molecule has 3 rings (SSSR count). The fourth-order valence-corrected chi connectivity index (χ4v) is 3.27. The van der Waals surface area contributed by atoms with Gasteiger partial charge in [-0.1, -0.05) is 19.1 Å². The maximum atomic E-state index is 12.8. The van der Waals surface area contributed by atoms with Crippen molar-refractivity contribution in [1.29, 1.82) is 0 Å². The van der Waals surface area contributed by atoms with Gasteiger partial charge in [-0.15, -0.1) is 0 Å². The molecule has 1 saturated heterocycles. The number of hydrogen-bond acceptors (Lipinski definition) is 3. The van der Waals surface area contributed by atoms with E-state index in [0.29, 0.717) is 11.1 Å². The van der Waals surface area contributed by atoms with Crippen LogP contribution in [0.5, 0.6) is 0 Å². The van der Waals surface area contributed by atoms with Gasteiger partial charge in [0.25, 0.3) is 11.8 Å². The van der Waals surface area contributed by atoms with Gasteiger partial charge >= 0.3 is 0 Å². The number of benzene rings is 2. The largest absolute Gasteiger partial charge is 0.336 e. The molecule has 0 unspecified atom stereocenters. The Labute approximate surface area is 161 Å². The molecule has 1 N–H and O–H groups in total. The van der Waals surface area contributed by atoms with Gasteiger partial charge in [0.1, 0.15) is 0 Å². The molecule has 142 valence electrons. The van der Waals surface area contributed by atoms with E-state index in [1.807, 2.05) is 36.9 Å². The van der Waals surface area contributed by atoms with Crippen LogP contribution in [0.3, 0.4) is 0 Å². The summed E-state index contributed by atoms with van der Waals surface area (Å²) in [6.07, 6.45) is 0. The van der Waals surface area contributed by atoms with E-state index in [1.165, 1.54) is 5.56 Å². The highest BCUT2D eigenvalue weighted by Gasteiger charge is 2.22. The molecule has 0 aliphatic carbocycles. The van der Waals surface area contributed by atoms with E-state index in [0.717, 1.165) is 44.0 Å². The predicted octanol–water partition coefficient (Wildman–Crippen LogP) is 3.33. The molecule has 0 saturated carbocycles. The van der Waals surface area contributed by atoms with E-state index in [4.69, 9.17) is 0 Å². The zero-order valence-electron chi connectivity index (χ0n) is 16.3. The van der Waals surface area contributed by atoms with E-state index in [-0.39, 0.29) is 11.8 Å². The molecule has 5 heteroatoms. The number of nitrogens with one attached hydrogen (secondary N) is 1. The fourth-order valence-electron chi connectivity index (χ4n) is 3.27. The van der Waals surface area contributed by atoms with Crippen LogP contribution in [0.2, 0.25) is 0 Å².